The molecule has 2 N–H and O–H groups in total. The lowest BCUT2D eigenvalue weighted by atomic mass is 9.79. The zero-order valence-corrected chi connectivity index (χ0v) is 33.6. The average molecular weight is 790 g/mol. The fraction of sp³-hybridized carbons (Fsp3) is 0.340. The van der Waals surface area contributed by atoms with E-state index in [9.17, 15) is 9.59 Å². The van der Waals surface area contributed by atoms with Crippen LogP contribution in [0.1, 0.15) is 90.2 Å². The van der Waals surface area contributed by atoms with Crippen LogP contribution in [0.2, 0.25) is 0 Å². The van der Waals surface area contributed by atoms with E-state index in [-0.39, 0.29) is 40.7 Å². The molecule has 0 unspecified atom stereocenters. The predicted octanol–water partition coefficient (Wildman–Crippen LogP) is 8.01. The predicted molar refractivity (Wildman–Crippen MR) is 219 cm³/mol. The number of fused-ring (bicyclic) bond motifs is 6. The molecule has 0 spiro atoms. The van der Waals surface area contributed by atoms with Crippen molar-refractivity contribution in [2.24, 2.45) is 0 Å². The van der Waals surface area contributed by atoms with Crippen molar-refractivity contribution in [2.45, 2.75) is 89.9 Å². The van der Waals surface area contributed by atoms with Gasteiger partial charge in [-0.1, -0.05) is 105 Å². The van der Waals surface area contributed by atoms with Crippen molar-refractivity contribution >= 4 is 50.6 Å². The lowest BCUT2D eigenvalue weighted by molar-refractivity contribution is -0.438. The number of hydrogen-bond donors (Lipinski definition) is 2. The largest absolute Gasteiger partial charge is 1.00 e. The molecule has 4 aromatic carbocycles. The van der Waals surface area contributed by atoms with E-state index < -0.39 is 11.9 Å². The van der Waals surface area contributed by atoms with Crippen LogP contribution in [-0.2, 0) is 20.4 Å². The molecule has 0 radical (unpaired) electrons. The first-order valence-electron chi connectivity index (χ1n) is 19.1. The van der Waals surface area contributed by atoms with Gasteiger partial charge < -0.3 is 32.1 Å². The number of carboxylic acids is 2. The summed E-state index contributed by atoms with van der Waals surface area (Å²) in [7, 11) is 0. The van der Waals surface area contributed by atoms with Crippen LogP contribution in [0.5, 0.6) is 0 Å². The maximum Gasteiger partial charge on any atom is 0.303 e. The maximum atomic E-state index is 11.1. The van der Waals surface area contributed by atoms with Gasteiger partial charge in [0.1, 0.15) is 6.54 Å². The maximum absolute atomic E-state index is 11.1. The van der Waals surface area contributed by atoms with Crippen molar-refractivity contribution in [1.82, 2.24) is 0 Å². The van der Waals surface area contributed by atoms with Crippen LogP contribution in [0.3, 0.4) is 0 Å². The number of carboxylic acid groups (broad SMARTS) is 2. The molecular formula is C47H53BrN2O4. The monoisotopic (exact) mass is 788 g/mol. The minimum absolute atomic E-state index is 0. The molecular weight excluding hydrogens is 736 g/mol. The van der Waals surface area contributed by atoms with Gasteiger partial charge in [-0.15, -0.1) is 0 Å². The Balaban J connectivity index is 0.00000561. The van der Waals surface area contributed by atoms with Crippen LogP contribution in [0, 0.1) is 0 Å². The number of nitrogens with zero attached hydrogens (tertiary/aromatic N) is 2. The van der Waals surface area contributed by atoms with Crippen LogP contribution in [-0.4, -0.2) is 45.5 Å². The highest BCUT2D eigenvalue weighted by molar-refractivity contribution is 6.07. The Kier molecular flexibility index (Phi) is 13.2. The third kappa shape index (κ3) is 8.47. The Morgan fingerprint density at radius 1 is 0.648 bits per heavy atom. The summed E-state index contributed by atoms with van der Waals surface area (Å²) in [5.41, 5.74) is 7.25. The number of carbonyl (C=O) groups is 2. The smallest absolute Gasteiger partial charge is 0.303 e. The molecule has 0 aromatic heterocycles. The topological polar surface area (TPSA) is 80.9 Å². The molecule has 2 aliphatic rings. The van der Waals surface area contributed by atoms with Crippen molar-refractivity contribution in [3.05, 3.63) is 132 Å². The van der Waals surface area contributed by atoms with E-state index in [1.54, 1.807) is 0 Å². The first kappa shape index (κ1) is 40.4. The molecule has 0 bridgehead atoms. The fourth-order valence-corrected chi connectivity index (χ4v) is 8.48. The second-order valence-electron chi connectivity index (χ2n) is 15.4. The molecule has 54 heavy (non-hydrogen) atoms. The number of benzene rings is 4. The molecule has 0 amide bonds. The molecule has 2 aliphatic heterocycles. The SMILES string of the molecule is CC1(C)C(=C/C=C/C=C/C=C/C2=[N+](CCCCCC(=O)O)c3ccc4ccccc4c3C2(C)C)N(CCCCCC(=O)O)c2ccc3ccccc3c21.[Br-]. The highest BCUT2D eigenvalue weighted by atomic mass is 79.9. The van der Waals surface area contributed by atoms with Gasteiger partial charge in [0.25, 0.3) is 0 Å². The van der Waals surface area contributed by atoms with Crippen LogP contribution < -0.4 is 21.9 Å². The zero-order valence-electron chi connectivity index (χ0n) is 32.0. The molecule has 6 nitrogen and oxygen atoms in total. The lowest BCUT2D eigenvalue weighted by Crippen LogP contribution is -3.00. The quantitative estimate of drug-likeness (QED) is 0.0684. The van der Waals surface area contributed by atoms with E-state index in [1.807, 2.05) is 0 Å². The van der Waals surface area contributed by atoms with Crippen LogP contribution in [0.4, 0.5) is 11.4 Å². The van der Waals surface area contributed by atoms with Crippen molar-refractivity contribution in [3.8, 4) is 0 Å². The molecule has 0 aliphatic carbocycles. The van der Waals surface area contributed by atoms with Crippen molar-refractivity contribution < 1.29 is 41.4 Å². The van der Waals surface area contributed by atoms with Gasteiger partial charge in [-0.05, 0) is 84.8 Å². The van der Waals surface area contributed by atoms with Gasteiger partial charge in [0.2, 0.25) is 5.69 Å². The molecule has 0 atom stereocenters. The summed E-state index contributed by atoms with van der Waals surface area (Å²) in [6.07, 6.45) is 20.4. The number of halogens is 1. The second kappa shape index (κ2) is 17.6. The molecule has 6 rings (SSSR count). The zero-order chi connectivity index (χ0) is 37.6. The molecule has 0 fully saturated rings. The van der Waals surface area contributed by atoms with Crippen molar-refractivity contribution in [3.63, 3.8) is 0 Å². The summed E-state index contributed by atoms with van der Waals surface area (Å²) in [5.74, 6) is -1.46. The number of hydrogen-bond acceptors (Lipinski definition) is 3. The normalized spacial score (nSPS) is 16.7. The Morgan fingerprint density at radius 3 is 1.89 bits per heavy atom. The van der Waals surface area contributed by atoms with Crippen molar-refractivity contribution in [2.75, 3.05) is 18.0 Å². The lowest BCUT2D eigenvalue weighted by Gasteiger charge is -2.27. The average Bonchev–Trinajstić information content (AvgIpc) is 3.49. The molecule has 2 heterocycles. The van der Waals surface area contributed by atoms with E-state index >= 15 is 0 Å². The molecule has 282 valence electrons. The van der Waals surface area contributed by atoms with E-state index in [2.05, 4.69) is 152 Å². The Hall–Kier alpha value is -4.75. The van der Waals surface area contributed by atoms with Crippen LogP contribution >= 0.6 is 0 Å². The highest BCUT2D eigenvalue weighted by Crippen LogP contribution is 2.51. The first-order valence-corrected chi connectivity index (χ1v) is 19.1. The minimum Gasteiger partial charge on any atom is -1.00 e. The van der Waals surface area contributed by atoms with Gasteiger partial charge in [0.15, 0.2) is 5.71 Å². The van der Waals surface area contributed by atoms with Crippen LogP contribution in [0.25, 0.3) is 21.5 Å². The summed E-state index contributed by atoms with van der Waals surface area (Å²) in [6.45, 7) is 10.9. The summed E-state index contributed by atoms with van der Waals surface area (Å²) in [5, 5.41) is 23.3. The Morgan fingerprint density at radius 2 is 1.22 bits per heavy atom. The van der Waals surface area contributed by atoms with E-state index in [0.29, 0.717) is 12.8 Å². The summed E-state index contributed by atoms with van der Waals surface area (Å²) < 4.78 is 2.44. The number of anilines is 1. The molecule has 0 saturated carbocycles. The standard InChI is InChI=1S/C47H52N2O4.BrH/c1-46(2)40(48(32-18-8-12-26-42(50)51)38-30-28-34-20-14-16-22-36(34)44(38)46)24-10-6-5-7-11-25-41-47(3,4)45-37-23-17-15-21-35(37)29-31-39(45)49(41)33-19-9-13-27-43(52)53;/h5-7,10-11,14-17,20-25,28-31H,8-9,12-13,18-19,26-27,32-33H2,1-4H3,(H-,50,51,52,53);1H. The van der Waals surface area contributed by atoms with Gasteiger partial charge in [0.05, 0.1) is 5.41 Å². The van der Waals surface area contributed by atoms with Gasteiger partial charge in [-0.3, -0.25) is 9.59 Å². The molecule has 7 heteroatoms. The van der Waals surface area contributed by atoms with Crippen LogP contribution in [0.15, 0.2) is 121 Å². The first-order chi connectivity index (χ1) is 25.5. The summed E-state index contributed by atoms with van der Waals surface area (Å²) in [4.78, 5) is 24.6. The number of aliphatic carboxylic acids is 2. The Labute approximate surface area is 330 Å². The Bertz CT molecular complexity index is 2170. The molecule has 4 aromatic rings. The molecule has 0 saturated heterocycles. The van der Waals surface area contributed by atoms with E-state index in [1.165, 1.54) is 55.5 Å². The van der Waals surface area contributed by atoms with E-state index in [0.717, 1.165) is 38.8 Å². The van der Waals surface area contributed by atoms with Gasteiger partial charge in [-0.25, -0.2) is 0 Å². The van der Waals surface area contributed by atoms with Gasteiger partial charge in [0, 0.05) is 60.3 Å². The third-order valence-corrected chi connectivity index (χ3v) is 11.0. The third-order valence-electron chi connectivity index (χ3n) is 11.0. The number of unbranched alkanes of at least 4 members (excludes halogenated alkanes) is 4. The number of allylic oxidation sites excluding steroid dienone is 8. The van der Waals surface area contributed by atoms with E-state index in [4.69, 9.17) is 10.2 Å². The summed E-state index contributed by atoms with van der Waals surface area (Å²) in [6, 6.07) is 26.1. The number of rotatable bonds is 16. The minimum atomic E-state index is -0.732. The highest BCUT2D eigenvalue weighted by Gasteiger charge is 2.45. The second-order valence-corrected chi connectivity index (χ2v) is 15.4. The van der Waals surface area contributed by atoms with Gasteiger partial charge in [-0.2, -0.15) is 4.58 Å². The van der Waals surface area contributed by atoms with Gasteiger partial charge >= 0.3 is 11.9 Å². The van der Waals surface area contributed by atoms with Crippen molar-refractivity contribution in [1.29, 1.82) is 0 Å². The summed E-state index contributed by atoms with van der Waals surface area (Å²) >= 11 is 0. The fourth-order valence-electron chi connectivity index (χ4n) is 8.48.